The monoisotopic (exact) mass is 1030 g/mol. The number of carbonyl (C=O) groups is 3. The topological polar surface area (TPSA) is 320 Å². The van der Waals surface area contributed by atoms with E-state index in [1.54, 1.807) is 0 Å². The van der Waals surface area contributed by atoms with Crippen molar-refractivity contribution in [2.24, 2.45) is 0 Å². The van der Waals surface area contributed by atoms with Crippen LogP contribution in [0.1, 0.15) is 206 Å². The molecule has 8 N–H and O–H groups in total. The molecule has 0 saturated heterocycles. The van der Waals surface area contributed by atoms with Gasteiger partial charge in [0.25, 0.3) is 0 Å². The quantitative estimate of drug-likeness (QED) is 0.0162. The molecule has 1 rings (SSSR count). The number of ether oxygens (including phenoxy) is 2. The molecule has 1 aliphatic rings. The fourth-order valence-corrected chi connectivity index (χ4v) is 9.98. The number of phosphoric acid groups is 3. The molecule has 0 aromatic rings. The maximum atomic E-state index is 13.1. The smallest absolute Gasteiger partial charge is 0.462 e. The molecule has 0 bridgehead atoms. The van der Waals surface area contributed by atoms with Gasteiger partial charge in [0.1, 0.15) is 49.0 Å². The van der Waals surface area contributed by atoms with Gasteiger partial charge in [0, 0.05) is 25.7 Å². The van der Waals surface area contributed by atoms with Crippen molar-refractivity contribution in [3.63, 3.8) is 0 Å². The summed E-state index contributed by atoms with van der Waals surface area (Å²) in [5.41, 5.74) is 0. The molecule has 0 aliphatic heterocycles. The Bertz CT molecular complexity index is 1480. The fourth-order valence-electron chi connectivity index (χ4n) is 7.88. The first-order valence-corrected chi connectivity index (χ1v) is 29.3. The zero-order valence-electron chi connectivity index (χ0n) is 40.0. The molecule has 4 unspecified atom stereocenters. The second kappa shape index (κ2) is 36.7. The molecule has 1 fully saturated rings. The van der Waals surface area contributed by atoms with Gasteiger partial charge >= 0.3 is 35.4 Å². The summed E-state index contributed by atoms with van der Waals surface area (Å²) in [6.45, 7) is 2.73. The van der Waals surface area contributed by atoms with Gasteiger partial charge in [-0.25, -0.2) is 13.7 Å². The van der Waals surface area contributed by atoms with Gasteiger partial charge in [-0.1, -0.05) is 155 Å². The number of Topliss-reactive ketones (excluding diaryl/α,β-unsaturated/α-hetero) is 1. The second-order valence-corrected chi connectivity index (χ2v) is 21.5. The molecule has 0 amide bonds. The van der Waals surface area contributed by atoms with Crippen LogP contribution in [0.5, 0.6) is 0 Å². The van der Waals surface area contributed by atoms with E-state index < -0.39 is 91.3 Å². The molecule has 1 saturated carbocycles. The highest BCUT2D eigenvalue weighted by Gasteiger charge is 2.56. The summed E-state index contributed by atoms with van der Waals surface area (Å²) in [5, 5.41) is 31.9. The summed E-state index contributed by atoms with van der Waals surface area (Å²) in [7, 11) is -16.6. The molecule has 0 aromatic carbocycles. The van der Waals surface area contributed by atoms with E-state index in [1.807, 2.05) is 6.92 Å². The first kappa shape index (κ1) is 63.8. The van der Waals surface area contributed by atoms with E-state index >= 15 is 0 Å². The standard InChI is InChI=1S/C44H85O20P3/c1-3-5-6-7-8-9-10-11-16-19-22-25-28-32-38(47)61-36(33-59-37(46)31-27-24-21-18-15-13-12-14-17-20-23-26-30-35(45)29-4-2)34-60-67(57,58)64-42-39(48)40(49)43(62-65(51,52)53)44(41(42)50)63-66(54,55)56/h36,39-44,48-50H,3-34H2,1-2H3,(H,57,58)(H2,51,52,53)(H2,54,55,56)/t36-,39?,40-,41+,42?,43?,44+/m1/s1. The molecule has 0 spiro atoms. The van der Waals surface area contributed by atoms with Gasteiger partial charge < -0.3 is 49.3 Å². The van der Waals surface area contributed by atoms with Gasteiger partial charge in [0.2, 0.25) is 0 Å². The summed E-state index contributed by atoms with van der Waals surface area (Å²) < 4.78 is 65.5. The largest absolute Gasteiger partial charge is 0.472 e. The fraction of sp³-hybridized carbons (Fsp3) is 0.932. The van der Waals surface area contributed by atoms with E-state index in [1.165, 1.54) is 57.8 Å². The van der Waals surface area contributed by atoms with Gasteiger partial charge in [-0.2, -0.15) is 0 Å². The molecule has 67 heavy (non-hydrogen) atoms. The Balaban J connectivity index is 2.69. The van der Waals surface area contributed by atoms with Gasteiger partial charge in [-0.05, 0) is 25.7 Å². The highest BCUT2D eigenvalue weighted by molar-refractivity contribution is 7.47. The summed E-state index contributed by atoms with van der Waals surface area (Å²) in [6.07, 6.45) is 12.4. The van der Waals surface area contributed by atoms with Crippen molar-refractivity contribution >= 4 is 41.2 Å². The molecular weight excluding hydrogens is 941 g/mol. The Morgan fingerprint density at radius 3 is 1.22 bits per heavy atom. The highest BCUT2D eigenvalue weighted by atomic mass is 31.2. The SMILES string of the molecule is CCCCCCCCCCCCCCCC(=O)O[C@H](COC(=O)CCCCCCCCCCCCCCC(=O)CCC)COP(=O)(O)OC1C(O)[C@@H](O)C(OP(=O)(O)O)[C@@H](OP(=O)(O)O)[C@H]1O. The van der Waals surface area contributed by atoms with Crippen LogP contribution in [0.2, 0.25) is 0 Å². The maximum absolute atomic E-state index is 13.1. The van der Waals surface area contributed by atoms with Crippen LogP contribution in [-0.4, -0.2) is 113 Å². The lowest BCUT2D eigenvalue weighted by Crippen LogP contribution is -2.65. The molecule has 20 nitrogen and oxygen atoms in total. The molecule has 0 heterocycles. The number of aliphatic hydroxyl groups excluding tert-OH is 3. The average Bonchev–Trinajstić information content (AvgIpc) is 3.24. The minimum atomic E-state index is -5.60. The Hall–Kier alpha value is -1.18. The predicted molar refractivity (Wildman–Crippen MR) is 248 cm³/mol. The summed E-state index contributed by atoms with van der Waals surface area (Å²) >= 11 is 0. The van der Waals surface area contributed by atoms with Crippen LogP contribution >= 0.6 is 23.5 Å². The van der Waals surface area contributed by atoms with Crippen LogP contribution in [0.25, 0.3) is 0 Å². The van der Waals surface area contributed by atoms with E-state index in [4.69, 9.17) is 18.5 Å². The molecule has 0 aromatic heterocycles. The third-order valence-electron chi connectivity index (χ3n) is 11.5. The van der Waals surface area contributed by atoms with Crippen molar-refractivity contribution < 1.29 is 95.4 Å². The van der Waals surface area contributed by atoms with Gasteiger partial charge in [-0.15, -0.1) is 0 Å². The summed E-state index contributed by atoms with van der Waals surface area (Å²) in [5.74, 6) is -0.953. The number of hydrogen-bond donors (Lipinski definition) is 8. The van der Waals surface area contributed by atoms with Gasteiger partial charge in [0.15, 0.2) is 6.10 Å². The van der Waals surface area contributed by atoms with Crippen molar-refractivity contribution in [2.75, 3.05) is 13.2 Å². The van der Waals surface area contributed by atoms with Crippen molar-refractivity contribution in [1.29, 1.82) is 0 Å². The first-order valence-electron chi connectivity index (χ1n) is 24.7. The zero-order chi connectivity index (χ0) is 50.1. The van der Waals surface area contributed by atoms with Crippen LogP contribution in [0.3, 0.4) is 0 Å². The molecule has 1 aliphatic carbocycles. The molecule has 8 atom stereocenters. The van der Waals surface area contributed by atoms with E-state index in [0.29, 0.717) is 31.5 Å². The van der Waals surface area contributed by atoms with E-state index in [2.05, 4.69) is 16.0 Å². The molecular formula is C44H85O20P3. The number of phosphoric ester groups is 3. The van der Waals surface area contributed by atoms with Crippen molar-refractivity contribution in [3.05, 3.63) is 0 Å². The van der Waals surface area contributed by atoms with Crippen LogP contribution < -0.4 is 0 Å². The van der Waals surface area contributed by atoms with Crippen molar-refractivity contribution in [1.82, 2.24) is 0 Å². The maximum Gasteiger partial charge on any atom is 0.472 e. The lowest BCUT2D eigenvalue weighted by Gasteiger charge is -2.44. The Morgan fingerprint density at radius 2 is 0.806 bits per heavy atom. The van der Waals surface area contributed by atoms with Gasteiger partial charge in [0.05, 0.1) is 6.61 Å². The Labute approximate surface area is 398 Å². The van der Waals surface area contributed by atoms with Crippen LogP contribution in [0.15, 0.2) is 0 Å². The zero-order valence-corrected chi connectivity index (χ0v) is 42.7. The molecule has 396 valence electrons. The van der Waals surface area contributed by atoms with Gasteiger partial charge in [-0.3, -0.25) is 32.5 Å². The van der Waals surface area contributed by atoms with E-state index in [0.717, 1.165) is 96.3 Å². The third-order valence-corrected chi connectivity index (χ3v) is 13.6. The number of rotatable bonds is 43. The summed E-state index contributed by atoms with van der Waals surface area (Å²) in [4.78, 5) is 84.8. The normalized spacial score (nSPS) is 21.5. The van der Waals surface area contributed by atoms with Crippen LogP contribution in [0, 0.1) is 0 Å². The number of unbranched alkanes of at least 4 members (excludes halogenated alkanes) is 23. The molecule has 0 radical (unpaired) electrons. The first-order chi connectivity index (χ1) is 31.7. The van der Waals surface area contributed by atoms with Crippen LogP contribution in [0.4, 0.5) is 0 Å². The van der Waals surface area contributed by atoms with E-state index in [9.17, 15) is 67.9 Å². The van der Waals surface area contributed by atoms with Crippen LogP contribution in [-0.2, 0) is 55.6 Å². The predicted octanol–water partition coefficient (Wildman–Crippen LogP) is 8.31. The second-order valence-electron chi connectivity index (χ2n) is 17.7. The van der Waals surface area contributed by atoms with Crippen molar-refractivity contribution in [2.45, 2.75) is 249 Å². The number of carbonyl (C=O) groups excluding carboxylic acids is 3. The number of ketones is 1. The Morgan fingerprint density at radius 1 is 0.433 bits per heavy atom. The van der Waals surface area contributed by atoms with E-state index in [-0.39, 0.29) is 12.8 Å². The average molecular weight is 1030 g/mol. The number of hydrogen-bond acceptors (Lipinski definition) is 15. The summed E-state index contributed by atoms with van der Waals surface area (Å²) in [6, 6.07) is 0. The minimum Gasteiger partial charge on any atom is -0.462 e. The molecule has 23 heteroatoms. The Kier molecular flexibility index (Phi) is 35.0. The number of esters is 2. The van der Waals surface area contributed by atoms with Crippen molar-refractivity contribution in [3.8, 4) is 0 Å². The number of aliphatic hydroxyl groups is 3. The lowest BCUT2D eigenvalue weighted by molar-refractivity contribution is -0.213. The lowest BCUT2D eigenvalue weighted by atomic mass is 9.85. The minimum absolute atomic E-state index is 0.00495. The third kappa shape index (κ3) is 33.2. The highest BCUT2D eigenvalue weighted by Crippen LogP contribution is 2.51.